The number of carbonyl (C=O) groups is 1. The zero-order chi connectivity index (χ0) is 19.0. The van der Waals surface area contributed by atoms with Crippen LogP contribution in [0.4, 0.5) is 5.69 Å². The summed E-state index contributed by atoms with van der Waals surface area (Å²) in [5, 5.41) is 0.702. The van der Waals surface area contributed by atoms with Crippen LogP contribution in [0.2, 0.25) is 5.02 Å². The van der Waals surface area contributed by atoms with Crippen LogP contribution in [0.1, 0.15) is 12.6 Å². The first-order chi connectivity index (χ1) is 13.0. The number of aromatic nitrogens is 2. The normalized spacial score (nSPS) is 15.4. The second-order valence-electron chi connectivity index (χ2n) is 6.89. The third-order valence-electron chi connectivity index (χ3n) is 5.05. The first-order valence-corrected chi connectivity index (χ1v) is 9.39. The van der Waals surface area contributed by atoms with E-state index in [1.165, 1.54) is 0 Å². The Morgan fingerprint density at radius 3 is 2.48 bits per heavy atom. The highest BCUT2D eigenvalue weighted by Gasteiger charge is 2.22. The minimum atomic E-state index is 0.138. The van der Waals surface area contributed by atoms with Crippen LogP contribution in [0.25, 0.3) is 16.9 Å². The molecule has 1 saturated heterocycles. The summed E-state index contributed by atoms with van der Waals surface area (Å²) in [4.78, 5) is 20.7. The van der Waals surface area contributed by atoms with Gasteiger partial charge >= 0.3 is 0 Å². The van der Waals surface area contributed by atoms with Crippen molar-refractivity contribution in [3.8, 4) is 11.3 Å². The van der Waals surface area contributed by atoms with Crippen molar-refractivity contribution in [2.24, 2.45) is 0 Å². The second-order valence-corrected chi connectivity index (χ2v) is 7.32. The molecule has 140 valence electrons. The standard InChI is InChI=1S/C20H22ClN5O/c1-14(27)25-10-8-24(9-11-25)13-18-20(15-2-4-16(21)5-3-15)23-19-7-6-17(22)12-26(18)19/h2-7,12H,8-11,13,22H2,1H3. The van der Waals surface area contributed by atoms with Gasteiger partial charge in [0.2, 0.25) is 5.91 Å². The number of benzene rings is 1. The molecule has 7 heteroatoms. The van der Waals surface area contributed by atoms with E-state index >= 15 is 0 Å². The van der Waals surface area contributed by atoms with Gasteiger partial charge in [0, 0.05) is 62.1 Å². The van der Waals surface area contributed by atoms with Gasteiger partial charge in [-0.05, 0) is 24.3 Å². The maximum absolute atomic E-state index is 11.6. The number of anilines is 1. The first kappa shape index (κ1) is 17.8. The number of nitrogens with two attached hydrogens (primary N) is 1. The van der Waals surface area contributed by atoms with E-state index in [0.29, 0.717) is 10.7 Å². The minimum Gasteiger partial charge on any atom is -0.398 e. The Bertz CT molecular complexity index is 974. The molecule has 0 radical (unpaired) electrons. The molecule has 1 aliphatic rings. The largest absolute Gasteiger partial charge is 0.398 e. The van der Waals surface area contributed by atoms with Gasteiger partial charge in [-0.15, -0.1) is 0 Å². The van der Waals surface area contributed by atoms with Crippen LogP contribution in [0.3, 0.4) is 0 Å². The fourth-order valence-corrected chi connectivity index (χ4v) is 3.66. The van der Waals surface area contributed by atoms with E-state index < -0.39 is 0 Å². The summed E-state index contributed by atoms with van der Waals surface area (Å²) >= 11 is 6.05. The Balaban J connectivity index is 1.69. The molecule has 1 fully saturated rings. The summed E-state index contributed by atoms with van der Waals surface area (Å²) in [6.07, 6.45) is 1.92. The van der Waals surface area contributed by atoms with Gasteiger partial charge in [0.05, 0.1) is 11.4 Å². The summed E-state index contributed by atoms with van der Waals surface area (Å²) < 4.78 is 2.07. The van der Waals surface area contributed by atoms with Crippen molar-refractivity contribution in [2.45, 2.75) is 13.5 Å². The molecule has 0 spiro atoms. The quantitative estimate of drug-likeness (QED) is 0.755. The average Bonchev–Trinajstić information content (AvgIpc) is 3.00. The highest BCUT2D eigenvalue weighted by atomic mass is 35.5. The summed E-state index contributed by atoms with van der Waals surface area (Å²) in [6, 6.07) is 11.5. The molecule has 4 rings (SSSR count). The van der Waals surface area contributed by atoms with Crippen molar-refractivity contribution in [1.29, 1.82) is 0 Å². The van der Waals surface area contributed by atoms with E-state index in [-0.39, 0.29) is 5.91 Å². The van der Waals surface area contributed by atoms with Gasteiger partial charge in [-0.1, -0.05) is 23.7 Å². The smallest absolute Gasteiger partial charge is 0.219 e. The third kappa shape index (κ3) is 3.63. The fraction of sp³-hybridized carbons (Fsp3) is 0.300. The lowest BCUT2D eigenvalue weighted by Crippen LogP contribution is -2.47. The van der Waals surface area contributed by atoms with Crippen LogP contribution in [0.15, 0.2) is 42.6 Å². The van der Waals surface area contributed by atoms with Crippen molar-refractivity contribution < 1.29 is 4.79 Å². The Labute approximate surface area is 163 Å². The molecule has 1 aliphatic heterocycles. The molecular weight excluding hydrogens is 362 g/mol. The van der Waals surface area contributed by atoms with Crippen LogP contribution < -0.4 is 5.73 Å². The van der Waals surface area contributed by atoms with Crippen LogP contribution in [0.5, 0.6) is 0 Å². The molecule has 0 atom stereocenters. The van der Waals surface area contributed by atoms with E-state index in [1.54, 1.807) is 6.92 Å². The van der Waals surface area contributed by atoms with Crippen LogP contribution >= 0.6 is 11.6 Å². The van der Waals surface area contributed by atoms with E-state index in [4.69, 9.17) is 22.3 Å². The number of nitrogens with zero attached hydrogens (tertiary/aromatic N) is 4. The molecule has 27 heavy (non-hydrogen) atoms. The molecule has 2 aromatic heterocycles. The van der Waals surface area contributed by atoms with Gasteiger partial charge in [-0.3, -0.25) is 9.69 Å². The fourth-order valence-electron chi connectivity index (χ4n) is 3.53. The lowest BCUT2D eigenvalue weighted by atomic mass is 10.1. The number of hydrogen-bond acceptors (Lipinski definition) is 4. The number of fused-ring (bicyclic) bond motifs is 1. The van der Waals surface area contributed by atoms with Gasteiger partial charge in [0.25, 0.3) is 0 Å². The average molecular weight is 384 g/mol. The monoisotopic (exact) mass is 383 g/mol. The minimum absolute atomic E-state index is 0.138. The maximum Gasteiger partial charge on any atom is 0.219 e. The highest BCUT2D eigenvalue weighted by Crippen LogP contribution is 2.28. The molecule has 3 heterocycles. The van der Waals surface area contributed by atoms with Gasteiger partial charge in [-0.2, -0.15) is 0 Å². The zero-order valence-electron chi connectivity index (χ0n) is 15.2. The molecule has 0 aliphatic carbocycles. The van der Waals surface area contributed by atoms with Crippen LogP contribution in [-0.2, 0) is 11.3 Å². The highest BCUT2D eigenvalue weighted by molar-refractivity contribution is 6.30. The number of piperazine rings is 1. The molecule has 1 aromatic carbocycles. The van der Waals surface area contributed by atoms with E-state index in [1.807, 2.05) is 47.5 Å². The maximum atomic E-state index is 11.6. The summed E-state index contributed by atoms with van der Waals surface area (Å²) in [7, 11) is 0. The van der Waals surface area contributed by atoms with E-state index in [0.717, 1.165) is 55.3 Å². The predicted molar refractivity (Wildman–Crippen MR) is 108 cm³/mol. The third-order valence-corrected chi connectivity index (χ3v) is 5.30. The predicted octanol–water partition coefficient (Wildman–Crippen LogP) is 2.90. The number of rotatable bonds is 3. The second kappa shape index (κ2) is 7.21. The molecule has 2 N–H and O–H groups in total. The number of nitrogen functional groups attached to an aromatic ring is 1. The molecule has 3 aromatic rings. The molecule has 0 bridgehead atoms. The van der Waals surface area contributed by atoms with E-state index in [2.05, 4.69) is 9.30 Å². The molecule has 6 nitrogen and oxygen atoms in total. The number of hydrogen-bond donors (Lipinski definition) is 1. The Kier molecular flexibility index (Phi) is 4.76. The van der Waals surface area contributed by atoms with Crippen LogP contribution in [0, 0.1) is 0 Å². The zero-order valence-corrected chi connectivity index (χ0v) is 16.0. The molecule has 1 amide bonds. The summed E-state index contributed by atoms with van der Waals surface area (Å²) in [6.45, 7) is 5.56. The van der Waals surface area contributed by atoms with Gasteiger partial charge in [-0.25, -0.2) is 4.98 Å². The molecule has 0 unspecified atom stereocenters. The molecule has 0 saturated carbocycles. The Morgan fingerprint density at radius 1 is 1.11 bits per heavy atom. The van der Waals surface area contributed by atoms with Crippen molar-refractivity contribution in [1.82, 2.24) is 19.2 Å². The molecular formula is C20H22ClN5O. The first-order valence-electron chi connectivity index (χ1n) is 9.01. The summed E-state index contributed by atoms with van der Waals surface area (Å²) in [5.74, 6) is 0.138. The van der Waals surface area contributed by atoms with Crippen LogP contribution in [-0.4, -0.2) is 51.3 Å². The van der Waals surface area contributed by atoms with Gasteiger partial charge < -0.3 is 15.0 Å². The number of pyridine rings is 1. The van der Waals surface area contributed by atoms with Gasteiger partial charge in [0.15, 0.2) is 0 Å². The van der Waals surface area contributed by atoms with Crippen molar-refractivity contribution in [3.63, 3.8) is 0 Å². The van der Waals surface area contributed by atoms with Crippen molar-refractivity contribution in [2.75, 3.05) is 31.9 Å². The Hall–Kier alpha value is -2.57. The Morgan fingerprint density at radius 2 is 1.81 bits per heavy atom. The lowest BCUT2D eigenvalue weighted by Gasteiger charge is -2.34. The van der Waals surface area contributed by atoms with Gasteiger partial charge in [0.1, 0.15) is 5.65 Å². The SMILES string of the molecule is CC(=O)N1CCN(Cc2c(-c3ccc(Cl)cc3)nc3ccc(N)cn23)CC1. The number of carbonyl (C=O) groups excluding carboxylic acids is 1. The number of amides is 1. The number of imidazole rings is 1. The van der Waals surface area contributed by atoms with Crippen molar-refractivity contribution in [3.05, 3.63) is 53.3 Å². The van der Waals surface area contributed by atoms with E-state index in [9.17, 15) is 4.79 Å². The number of halogens is 1. The lowest BCUT2D eigenvalue weighted by molar-refractivity contribution is -0.130. The topological polar surface area (TPSA) is 66.9 Å². The summed E-state index contributed by atoms with van der Waals surface area (Å²) in [5.41, 5.74) is 10.6. The van der Waals surface area contributed by atoms with Crippen molar-refractivity contribution >= 4 is 28.8 Å².